The molecule has 0 unspecified atom stereocenters. The maximum Gasteiger partial charge on any atom is 0.240 e. The zero-order valence-corrected chi connectivity index (χ0v) is 12.1. The molecule has 0 atom stereocenters. The molecule has 20 heavy (non-hydrogen) atoms. The first-order valence-corrected chi connectivity index (χ1v) is 7.47. The minimum absolute atomic E-state index is 0.613. The van der Waals surface area contributed by atoms with E-state index in [9.17, 15) is 0 Å². The summed E-state index contributed by atoms with van der Waals surface area (Å²) in [7, 11) is 0. The molecular formula is C15H18ClN3O. The van der Waals surface area contributed by atoms with Gasteiger partial charge in [0.1, 0.15) is 0 Å². The van der Waals surface area contributed by atoms with Crippen molar-refractivity contribution in [1.82, 2.24) is 15.5 Å². The number of nitrogens with one attached hydrogen (secondary N) is 1. The zero-order valence-electron chi connectivity index (χ0n) is 11.3. The van der Waals surface area contributed by atoms with E-state index in [-0.39, 0.29) is 0 Å². The molecule has 5 heteroatoms. The van der Waals surface area contributed by atoms with Crippen molar-refractivity contribution in [3.05, 3.63) is 46.6 Å². The lowest BCUT2D eigenvalue weighted by molar-refractivity contribution is 0.353. The fourth-order valence-electron chi connectivity index (χ4n) is 2.58. The predicted octanol–water partition coefficient (Wildman–Crippen LogP) is 3.35. The third-order valence-corrected chi connectivity index (χ3v) is 3.93. The van der Waals surface area contributed by atoms with Crippen LogP contribution in [-0.4, -0.2) is 16.2 Å². The van der Waals surface area contributed by atoms with Crippen LogP contribution < -0.4 is 5.32 Å². The van der Waals surface area contributed by atoms with E-state index in [0.29, 0.717) is 24.9 Å². The van der Waals surface area contributed by atoms with Crippen LogP contribution in [0.1, 0.15) is 43.0 Å². The Hall–Kier alpha value is -1.39. The first-order chi connectivity index (χ1) is 9.79. The molecule has 3 rings (SSSR count). The van der Waals surface area contributed by atoms with Gasteiger partial charge in [-0.05, 0) is 30.5 Å². The minimum Gasteiger partial charge on any atom is -0.338 e. The largest absolute Gasteiger partial charge is 0.338 e. The van der Waals surface area contributed by atoms with Gasteiger partial charge in [0.15, 0.2) is 5.82 Å². The molecule has 1 aromatic carbocycles. The molecule has 0 amide bonds. The number of hydrogen-bond donors (Lipinski definition) is 1. The lowest BCUT2D eigenvalue weighted by atomic mass is 10.1. The van der Waals surface area contributed by atoms with Gasteiger partial charge in [-0.25, -0.2) is 0 Å². The smallest absolute Gasteiger partial charge is 0.240 e. The Labute approximate surface area is 123 Å². The molecule has 0 aliphatic heterocycles. The summed E-state index contributed by atoms with van der Waals surface area (Å²) < 4.78 is 5.27. The molecule has 0 radical (unpaired) electrons. The Morgan fingerprint density at radius 2 is 1.95 bits per heavy atom. The average molecular weight is 292 g/mol. The minimum atomic E-state index is 0.613. The van der Waals surface area contributed by atoms with Crippen LogP contribution >= 0.6 is 11.6 Å². The summed E-state index contributed by atoms with van der Waals surface area (Å²) in [5, 5.41) is 8.23. The summed E-state index contributed by atoms with van der Waals surface area (Å²) in [5.74, 6) is 1.39. The Morgan fingerprint density at radius 3 is 2.70 bits per heavy atom. The lowest BCUT2D eigenvalue weighted by Crippen LogP contribution is -2.25. The number of hydrogen-bond acceptors (Lipinski definition) is 4. The van der Waals surface area contributed by atoms with Crippen LogP contribution in [0.5, 0.6) is 0 Å². The van der Waals surface area contributed by atoms with Gasteiger partial charge in [-0.15, -0.1) is 0 Å². The van der Waals surface area contributed by atoms with E-state index in [1.165, 1.54) is 25.7 Å². The third-order valence-electron chi connectivity index (χ3n) is 3.68. The quantitative estimate of drug-likeness (QED) is 0.918. The molecule has 106 valence electrons. The number of rotatable bonds is 5. The molecule has 0 spiro atoms. The fraction of sp³-hybridized carbons (Fsp3) is 0.467. The highest BCUT2D eigenvalue weighted by Crippen LogP contribution is 2.18. The van der Waals surface area contributed by atoms with Crippen molar-refractivity contribution in [2.75, 3.05) is 0 Å². The van der Waals surface area contributed by atoms with Crippen LogP contribution in [-0.2, 0) is 13.0 Å². The third kappa shape index (κ3) is 3.58. The van der Waals surface area contributed by atoms with E-state index in [1.54, 1.807) is 0 Å². The summed E-state index contributed by atoms with van der Waals surface area (Å²) in [5.41, 5.74) is 1.13. The highest BCUT2D eigenvalue weighted by atomic mass is 35.5. The first-order valence-electron chi connectivity index (χ1n) is 7.09. The molecule has 1 heterocycles. The second kappa shape index (κ2) is 6.37. The molecule has 1 saturated carbocycles. The molecule has 4 nitrogen and oxygen atoms in total. The molecule has 0 bridgehead atoms. The van der Waals surface area contributed by atoms with Crippen molar-refractivity contribution in [1.29, 1.82) is 0 Å². The second-order valence-corrected chi connectivity index (χ2v) is 5.71. The van der Waals surface area contributed by atoms with Crippen molar-refractivity contribution in [2.45, 2.75) is 44.7 Å². The van der Waals surface area contributed by atoms with Gasteiger partial charge in [0.25, 0.3) is 0 Å². The van der Waals surface area contributed by atoms with E-state index in [2.05, 4.69) is 15.5 Å². The summed E-state index contributed by atoms with van der Waals surface area (Å²) in [4.78, 5) is 4.42. The SMILES string of the molecule is Clc1ccc(Cc2noc(CNC3CCCC3)n2)cc1. The molecule has 2 aromatic rings. The van der Waals surface area contributed by atoms with Crippen molar-refractivity contribution in [2.24, 2.45) is 0 Å². The Morgan fingerprint density at radius 1 is 1.20 bits per heavy atom. The molecule has 1 fully saturated rings. The van der Waals surface area contributed by atoms with E-state index in [0.717, 1.165) is 16.4 Å². The van der Waals surface area contributed by atoms with E-state index >= 15 is 0 Å². The van der Waals surface area contributed by atoms with Crippen molar-refractivity contribution >= 4 is 11.6 Å². The van der Waals surface area contributed by atoms with Gasteiger partial charge in [-0.2, -0.15) is 4.98 Å². The van der Waals surface area contributed by atoms with E-state index < -0.39 is 0 Å². The molecule has 0 saturated heterocycles. The standard InChI is InChI=1S/C15H18ClN3O/c16-12-7-5-11(6-8-12)9-14-18-15(20-19-14)10-17-13-3-1-2-4-13/h5-8,13,17H,1-4,9-10H2. The Balaban J connectivity index is 1.54. The van der Waals surface area contributed by atoms with Gasteiger partial charge < -0.3 is 9.84 Å². The highest BCUT2D eigenvalue weighted by molar-refractivity contribution is 6.30. The molecule has 1 aliphatic carbocycles. The van der Waals surface area contributed by atoms with Gasteiger partial charge in [0.05, 0.1) is 6.54 Å². The number of nitrogens with zero attached hydrogens (tertiary/aromatic N) is 2. The first kappa shape index (κ1) is 13.6. The monoisotopic (exact) mass is 291 g/mol. The van der Waals surface area contributed by atoms with E-state index in [1.807, 2.05) is 24.3 Å². The summed E-state index contributed by atoms with van der Waals surface area (Å²) in [6.45, 7) is 0.665. The maximum atomic E-state index is 5.86. The second-order valence-electron chi connectivity index (χ2n) is 5.27. The topological polar surface area (TPSA) is 51.0 Å². The zero-order chi connectivity index (χ0) is 13.8. The number of halogens is 1. The number of aromatic nitrogens is 2. The van der Waals surface area contributed by atoms with Crippen LogP contribution in [0.15, 0.2) is 28.8 Å². The predicted molar refractivity (Wildman–Crippen MR) is 77.7 cm³/mol. The van der Waals surface area contributed by atoms with Crippen LogP contribution in [0.4, 0.5) is 0 Å². The van der Waals surface area contributed by atoms with Gasteiger partial charge in [0, 0.05) is 17.5 Å². The van der Waals surface area contributed by atoms with Crippen molar-refractivity contribution < 1.29 is 4.52 Å². The molecule has 1 aliphatic rings. The number of benzene rings is 1. The van der Waals surface area contributed by atoms with Gasteiger partial charge >= 0.3 is 0 Å². The summed E-state index contributed by atoms with van der Waals surface area (Å²) >= 11 is 5.86. The van der Waals surface area contributed by atoms with Crippen molar-refractivity contribution in [3.63, 3.8) is 0 Å². The lowest BCUT2D eigenvalue weighted by Gasteiger charge is -2.08. The van der Waals surface area contributed by atoms with Gasteiger partial charge in [-0.1, -0.05) is 41.7 Å². The highest BCUT2D eigenvalue weighted by Gasteiger charge is 2.15. The molecule has 1 N–H and O–H groups in total. The van der Waals surface area contributed by atoms with Gasteiger partial charge in [0.2, 0.25) is 5.89 Å². The van der Waals surface area contributed by atoms with Crippen LogP contribution in [0.3, 0.4) is 0 Å². The summed E-state index contributed by atoms with van der Waals surface area (Å²) in [6, 6.07) is 8.32. The van der Waals surface area contributed by atoms with Crippen molar-refractivity contribution in [3.8, 4) is 0 Å². The van der Waals surface area contributed by atoms with E-state index in [4.69, 9.17) is 16.1 Å². The maximum absolute atomic E-state index is 5.86. The van der Waals surface area contributed by atoms with Crippen LogP contribution in [0.2, 0.25) is 5.02 Å². The van der Waals surface area contributed by atoms with Crippen LogP contribution in [0.25, 0.3) is 0 Å². The normalized spacial score (nSPS) is 15.8. The Bertz CT molecular complexity index is 547. The van der Waals surface area contributed by atoms with Gasteiger partial charge in [-0.3, -0.25) is 0 Å². The average Bonchev–Trinajstić information content (AvgIpc) is 3.10. The van der Waals surface area contributed by atoms with Crippen LogP contribution in [0, 0.1) is 0 Å². The molecular weight excluding hydrogens is 274 g/mol. The molecule has 1 aromatic heterocycles. The Kier molecular flexibility index (Phi) is 4.33. The fourth-order valence-corrected chi connectivity index (χ4v) is 2.71. The summed E-state index contributed by atoms with van der Waals surface area (Å²) in [6.07, 6.45) is 5.83.